The van der Waals surface area contributed by atoms with Gasteiger partial charge in [-0.25, -0.2) is 0 Å². The molecule has 1 N–H and O–H groups in total. The predicted molar refractivity (Wildman–Crippen MR) is 22.9 cm³/mol. The molecule has 0 radical (unpaired) electrons. The lowest BCUT2D eigenvalue weighted by molar-refractivity contribution is -0.139. The summed E-state index contributed by atoms with van der Waals surface area (Å²) in [6.45, 7) is 1.26. The van der Waals surface area contributed by atoms with Crippen molar-refractivity contribution in [1.29, 1.82) is 1.43 Å². The van der Waals surface area contributed by atoms with Gasteiger partial charge in [0, 0.05) is 0 Å². The van der Waals surface area contributed by atoms with Gasteiger partial charge in [-0.1, -0.05) is 0 Å². The van der Waals surface area contributed by atoms with Gasteiger partial charge in [0.2, 0.25) is 0 Å². The minimum atomic E-state index is -0.808. The molecule has 0 aliphatic carbocycles. The van der Waals surface area contributed by atoms with Crippen LogP contribution in [0.3, 0.4) is 0 Å². The Morgan fingerprint density at radius 2 is 2.43 bits per heavy atom. The molecule has 0 aliphatic heterocycles. The van der Waals surface area contributed by atoms with Gasteiger partial charge in [0.05, 0.1) is 0 Å². The van der Waals surface area contributed by atoms with E-state index in [-0.39, 0.29) is 12.2 Å². The van der Waals surface area contributed by atoms with Crippen molar-refractivity contribution in [1.82, 2.24) is 0 Å². The van der Waals surface area contributed by atoms with E-state index in [0.29, 0.717) is 0 Å². The van der Waals surface area contributed by atoms with Crippen molar-refractivity contribution in [2.24, 2.45) is 0 Å². The second kappa shape index (κ2) is 2.34. The fraction of sp³-hybridized carbons (Fsp3) is 0.500. The van der Waals surface area contributed by atoms with E-state index in [1.165, 1.54) is 6.92 Å². The van der Waals surface area contributed by atoms with Crippen LogP contribution in [-0.4, -0.2) is 16.9 Å². The molecule has 0 heterocycles. The van der Waals surface area contributed by atoms with Gasteiger partial charge in [-0.15, -0.1) is 0 Å². The van der Waals surface area contributed by atoms with Crippen LogP contribution in [0.5, 0.6) is 0 Å². The minimum absolute atomic E-state index is 0.290. The molecule has 0 atom stereocenters. The van der Waals surface area contributed by atoms with E-state index in [0.717, 1.165) is 0 Å². The van der Waals surface area contributed by atoms with E-state index in [1.807, 2.05) is 0 Å². The lowest BCUT2D eigenvalue weighted by Crippen LogP contribution is -2.00. The topological polar surface area (TPSA) is 54.4 Å². The molecular formula is C4H6O3. The van der Waals surface area contributed by atoms with Crippen molar-refractivity contribution in [3.05, 3.63) is 0 Å². The first-order valence-electron chi connectivity index (χ1n) is 2.23. The van der Waals surface area contributed by atoms with Crippen LogP contribution in [0, 0.1) is 0 Å². The van der Waals surface area contributed by atoms with Gasteiger partial charge in [0.25, 0.3) is 1.43 Å². The van der Waals surface area contributed by atoms with Crippen LogP contribution in [0.1, 0.15) is 13.3 Å². The standard InChI is InChI=1S/C4H6O3/c1-3(5)2-4(6)7/h2H2,1H3,(H,6,7)/i/hD. The van der Waals surface area contributed by atoms with Crippen molar-refractivity contribution in [3.8, 4) is 0 Å². The molecule has 3 nitrogen and oxygen atoms in total. The minimum Gasteiger partial charge on any atom is -0.481 e. The average molecular weight is 103 g/mol. The molecule has 0 saturated heterocycles. The Kier molecular flexibility index (Phi) is 1.44. The fourth-order valence-electron chi connectivity index (χ4n) is 0.203. The first-order chi connectivity index (χ1) is 3.66. The average Bonchev–Trinajstić information content (AvgIpc) is 1.65. The number of rotatable bonds is 2. The lowest BCUT2D eigenvalue weighted by Gasteiger charge is -1.80. The number of hydrogen-bond acceptors (Lipinski definition) is 3. The molecule has 40 valence electrons. The fourth-order valence-corrected chi connectivity index (χ4v) is 0.203. The summed E-state index contributed by atoms with van der Waals surface area (Å²) in [6, 6.07) is 0. The highest BCUT2D eigenvalue weighted by Crippen LogP contribution is 1.77. The maximum Gasteiger partial charge on any atom is 0.310 e. The Morgan fingerprint density at radius 1 is 1.86 bits per heavy atom. The van der Waals surface area contributed by atoms with Crippen LogP contribution in [0.25, 0.3) is 1.43 Å². The first kappa shape index (κ1) is 4.30. The smallest absolute Gasteiger partial charge is 0.310 e. The summed E-state index contributed by atoms with van der Waals surface area (Å²) >= 11 is 0. The summed E-state index contributed by atoms with van der Waals surface area (Å²) < 4.78 is 6.00. The third kappa shape index (κ3) is 5.14. The van der Waals surface area contributed by atoms with Gasteiger partial charge in [-0.2, -0.15) is 0 Å². The zero-order chi connectivity index (χ0) is 6.57. The Hall–Kier alpha value is -0.860. The van der Waals surface area contributed by atoms with E-state index in [4.69, 9.17) is 1.43 Å². The molecule has 0 bridgehead atoms. The highest BCUT2D eigenvalue weighted by Gasteiger charge is 1.98. The second-order valence-corrected chi connectivity index (χ2v) is 1.25. The Labute approximate surface area is 42.4 Å². The summed E-state index contributed by atoms with van der Waals surface area (Å²) in [5, 5.41) is 3.45. The van der Waals surface area contributed by atoms with Gasteiger partial charge >= 0.3 is 5.97 Å². The molecule has 0 fully saturated rings. The number of carbonyl (C=O) groups excluding carboxylic acids is 1. The summed E-state index contributed by atoms with van der Waals surface area (Å²) in [5.41, 5.74) is 0. The molecule has 0 aromatic heterocycles. The molecule has 0 spiro atoms. The molecule has 0 saturated carbocycles. The number of Topliss-reactive ketones (excluding diaryl/α,β-unsaturated/α-hetero) is 1. The molecule has 3 heteroatoms. The maximum absolute atomic E-state index is 10.0. The summed E-state index contributed by atoms with van der Waals surface area (Å²) in [6.07, 6.45) is -0.302. The van der Waals surface area contributed by atoms with Crippen LogP contribution in [-0.2, 0) is 9.59 Å². The van der Waals surface area contributed by atoms with E-state index >= 15 is 0 Å². The summed E-state index contributed by atoms with van der Waals surface area (Å²) in [4.78, 5) is 20.0. The quantitative estimate of drug-likeness (QED) is 0.502. The van der Waals surface area contributed by atoms with Gasteiger partial charge in [-0.05, 0) is 6.92 Å². The highest BCUT2D eigenvalue weighted by molar-refractivity contribution is 5.93. The van der Waals surface area contributed by atoms with Crippen molar-refractivity contribution < 1.29 is 14.7 Å². The number of hydrogen-bond donors (Lipinski definition) is 1. The van der Waals surface area contributed by atoms with Crippen LogP contribution < -0.4 is 0 Å². The first-order valence-corrected chi connectivity index (χ1v) is 1.82. The molecule has 0 unspecified atom stereocenters. The van der Waals surface area contributed by atoms with E-state index < -0.39 is 5.97 Å². The Morgan fingerprint density at radius 3 is 2.57 bits per heavy atom. The van der Waals surface area contributed by atoms with Crippen molar-refractivity contribution in [3.63, 3.8) is 0 Å². The maximum atomic E-state index is 10.0. The molecule has 0 aromatic rings. The van der Waals surface area contributed by atoms with Gasteiger partial charge < -0.3 is 5.11 Å². The summed E-state index contributed by atoms with van der Waals surface area (Å²) in [5.74, 6) is -1.10. The number of aliphatic carboxylic acids is 1. The third-order valence-corrected chi connectivity index (χ3v) is 0.393. The van der Waals surface area contributed by atoms with Crippen LogP contribution >= 0.6 is 0 Å². The Balaban J connectivity index is 3.40. The molecule has 0 aromatic carbocycles. The third-order valence-electron chi connectivity index (χ3n) is 0.393. The molecular weight excluding hydrogens is 96.0 g/mol. The number of carbonyl (C=O) groups is 2. The van der Waals surface area contributed by atoms with Crippen LogP contribution in [0.15, 0.2) is 0 Å². The lowest BCUT2D eigenvalue weighted by atomic mass is 10.3. The van der Waals surface area contributed by atoms with Crippen molar-refractivity contribution in [2.75, 3.05) is 0 Å². The number of carboxylic acids is 1. The van der Waals surface area contributed by atoms with Gasteiger partial charge in [0.15, 0.2) is 0 Å². The zero-order valence-corrected chi connectivity index (χ0v) is 3.93. The molecule has 7 heavy (non-hydrogen) atoms. The zero-order valence-electron chi connectivity index (χ0n) is 4.93. The normalized spacial score (nSPS) is 9.57. The van der Waals surface area contributed by atoms with Gasteiger partial charge in [-0.3, -0.25) is 9.59 Å². The van der Waals surface area contributed by atoms with Crippen LogP contribution in [0.4, 0.5) is 0 Å². The molecule has 0 rings (SSSR count). The molecule has 0 aliphatic rings. The SMILES string of the molecule is [2H]OC(=O)CC(C)=O. The highest BCUT2D eigenvalue weighted by atomic mass is 16.4. The monoisotopic (exact) mass is 103 g/mol. The molecule has 0 amide bonds. The Bertz CT molecular complexity index is 110. The van der Waals surface area contributed by atoms with Crippen LogP contribution in [0.2, 0.25) is 0 Å². The largest absolute Gasteiger partial charge is 0.481 e. The van der Waals surface area contributed by atoms with E-state index in [9.17, 15) is 9.59 Å². The van der Waals surface area contributed by atoms with Crippen molar-refractivity contribution >= 4 is 11.8 Å². The van der Waals surface area contributed by atoms with E-state index in [2.05, 4.69) is 5.11 Å². The number of carboxylic acid groups (broad SMARTS) is 1. The number of ketones is 1. The summed E-state index contributed by atoms with van der Waals surface area (Å²) in [7, 11) is 0. The predicted octanol–water partition coefficient (Wildman–Crippen LogP) is 0.0501. The van der Waals surface area contributed by atoms with Crippen molar-refractivity contribution in [2.45, 2.75) is 13.3 Å². The van der Waals surface area contributed by atoms with E-state index in [1.54, 1.807) is 0 Å². The van der Waals surface area contributed by atoms with Gasteiger partial charge in [0.1, 0.15) is 12.2 Å². The second-order valence-electron chi connectivity index (χ2n) is 1.25.